The van der Waals surface area contributed by atoms with Gasteiger partial charge in [0.2, 0.25) is 0 Å². The van der Waals surface area contributed by atoms with Crippen molar-refractivity contribution in [2.45, 2.75) is 12.7 Å². The summed E-state index contributed by atoms with van der Waals surface area (Å²) in [6, 6.07) is 0. The standard InChI is InChI=1S/C8H5BrF3N3O/c9-4-1-13-2-5-6(4)15(7(16)14-5)3-8(10,11)12/h1-2H,3H2,(H,14,16). The summed E-state index contributed by atoms with van der Waals surface area (Å²) in [6.45, 7) is -1.32. The van der Waals surface area contributed by atoms with E-state index in [2.05, 4.69) is 25.9 Å². The molecule has 0 bridgehead atoms. The largest absolute Gasteiger partial charge is 0.406 e. The van der Waals surface area contributed by atoms with Gasteiger partial charge in [0.15, 0.2) is 0 Å². The molecule has 0 aromatic carbocycles. The van der Waals surface area contributed by atoms with E-state index in [1.165, 1.54) is 12.4 Å². The Kier molecular flexibility index (Phi) is 2.53. The topological polar surface area (TPSA) is 50.7 Å². The summed E-state index contributed by atoms with van der Waals surface area (Å²) < 4.78 is 37.7. The van der Waals surface area contributed by atoms with Gasteiger partial charge >= 0.3 is 11.9 Å². The lowest BCUT2D eigenvalue weighted by molar-refractivity contribution is -0.140. The fourth-order valence-corrected chi connectivity index (χ4v) is 1.95. The number of nitrogens with one attached hydrogen (secondary N) is 1. The number of fused-ring (bicyclic) bond motifs is 1. The van der Waals surface area contributed by atoms with Crippen LogP contribution < -0.4 is 5.69 Å². The van der Waals surface area contributed by atoms with Crippen molar-refractivity contribution >= 4 is 27.0 Å². The molecule has 0 fully saturated rings. The Hall–Kier alpha value is -1.31. The van der Waals surface area contributed by atoms with Gasteiger partial charge < -0.3 is 4.98 Å². The minimum atomic E-state index is -4.44. The molecular formula is C8H5BrF3N3O. The molecule has 0 atom stereocenters. The molecule has 86 valence electrons. The molecule has 0 aliphatic heterocycles. The number of alkyl halides is 3. The molecule has 2 heterocycles. The minimum Gasteiger partial charge on any atom is -0.304 e. The quantitative estimate of drug-likeness (QED) is 0.875. The maximum atomic E-state index is 12.3. The number of H-pyrrole nitrogens is 1. The first-order valence-electron chi connectivity index (χ1n) is 4.17. The van der Waals surface area contributed by atoms with E-state index in [1.807, 2.05) is 0 Å². The zero-order valence-electron chi connectivity index (χ0n) is 7.68. The predicted molar refractivity (Wildman–Crippen MR) is 54.1 cm³/mol. The fraction of sp³-hybridized carbons (Fsp3) is 0.250. The zero-order chi connectivity index (χ0) is 11.9. The molecule has 0 saturated heterocycles. The number of halogens is 4. The number of aromatic amines is 1. The Morgan fingerprint density at radius 3 is 2.75 bits per heavy atom. The average molecular weight is 296 g/mol. The van der Waals surface area contributed by atoms with Crippen molar-refractivity contribution in [1.82, 2.24) is 14.5 Å². The predicted octanol–water partition coefficient (Wildman–Crippen LogP) is 2.05. The first-order valence-corrected chi connectivity index (χ1v) is 4.96. The zero-order valence-corrected chi connectivity index (χ0v) is 9.26. The fourth-order valence-electron chi connectivity index (χ4n) is 1.41. The van der Waals surface area contributed by atoms with Crippen molar-refractivity contribution in [3.8, 4) is 0 Å². The third-order valence-electron chi connectivity index (χ3n) is 1.97. The van der Waals surface area contributed by atoms with Gasteiger partial charge in [0.1, 0.15) is 6.54 Å². The molecule has 16 heavy (non-hydrogen) atoms. The SMILES string of the molecule is O=c1[nH]c2cncc(Br)c2n1CC(F)(F)F. The summed E-state index contributed by atoms with van der Waals surface area (Å²) in [5.41, 5.74) is -0.373. The molecule has 0 radical (unpaired) electrons. The van der Waals surface area contributed by atoms with Crippen LogP contribution in [0.2, 0.25) is 0 Å². The van der Waals surface area contributed by atoms with Gasteiger partial charge in [-0.2, -0.15) is 13.2 Å². The van der Waals surface area contributed by atoms with Crippen LogP contribution in [0.15, 0.2) is 21.7 Å². The Labute approximate surface area is 95.2 Å². The van der Waals surface area contributed by atoms with E-state index < -0.39 is 18.4 Å². The lowest BCUT2D eigenvalue weighted by Crippen LogP contribution is -2.26. The number of hydrogen-bond acceptors (Lipinski definition) is 2. The number of aromatic nitrogens is 3. The van der Waals surface area contributed by atoms with E-state index in [9.17, 15) is 18.0 Å². The maximum absolute atomic E-state index is 12.3. The molecule has 1 N–H and O–H groups in total. The van der Waals surface area contributed by atoms with Crippen molar-refractivity contribution in [2.75, 3.05) is 0 Å². The van der Waals surface area contributed by atoms with E-state index in [-0.39, 0.29) is 11.0 Å². The van der Waals surface area contributed by atoms with Crippen molar-refractivity contribution in [3.63, 3.8) is 0 Å². The van der Waals surface area contributed by atoms with Gasteiger partial charge in [-0.1, -0.05) is 0 Å². The molecule has 4 nitrogen and oxygen atoms in total. The van der Waals surface area contributed by atoms with Gasteiger partial charge in [-0.05, 0) is 15.9 Å². The van der Waals surface area contributed by atoms with Gasteiger partial charge in [-0.15, -0.1) is 0 Å². The van der Waals surface area contributed by atoms with Crippen LogP contribution in [0, 0.1) is 0 Å². The number of pyridine rings is 1. The molecule has 2 aromatic heterocycles. The Balaban J connectivity index is 2.69. The van der Waals surface area contributed by atoms with E-state index in [0.29, 0.717) is 9.04 Å². The summed E-state index contributed by atoms with van der Waals surface area (Å²) in [5, 5.41) is 0. The van der Waals surface area contributed by atoms with Crippen molar-refractivity contribution in [1.29, 1.82) is 0 Å². The minimum absolute atomic E-state index is 0.164. The van der Waals surface area contributed by atoms with Crippen LogP contribution in [-0.4, -0.2) is 20.7 Å². The average Bonchev–Trinajstić information content (AvgIpc) is 2.42. The Bertz CT molecular complexity index is 586. The third kappa shape index (κ3) is 1.97. The van der Waals surface area contributed by atoms with Gasteiger partial charge in [0, 0.05) is 6.20 Å². The van der Waals surface area contributed by atoms with Gasteiger partial charge in [0.25, 0.3) is 0 Å². The lowest BCUT2D eigenvalue weighted by atomic mass is 10.4. The van der Waals surface area contributed by atoms with Gasteiger partial charge in [-0.25, -0.2) is 4.79 Å². The highest BCUT2D eigenvalue weighted by Crippen LogP contribution is 2.23. The summed E-state index contributed by atoms with van der Waals surface area (Å²) in [4.78, 5) is 17.4. The van der Waals surface area contributed by atoms with Crippen molar-refractivity contribution in [3.05, 3.63) is 27.4 Å². The van der Waals surface area contributed by atoms with Gasteiger partial charge in [0.05, 0.1) is 21.7 Å². The molecule has 0 spiro atoms. The summed E-state index contributed by atoms with van der Waals surface area (Å²) in [6.07, 6.45) is -1.81. The second-order valence-electron chi connectivity index (χ2n) is 3.15. The smallest absolute Gasteiger partial charge is 0.304 e. The Morgan fingerprint density at radius 2 is 2.12 bits per heavy atom. The van der Waals surface area contributed by atoms with Crippen LogP contribution >= 0.6 is 15.9 Å². The molecule has 8 heteroatoms. The van der Waals surface area contributed by atoms with Gasteiger partial charge in [-0.3, -0.25) is 9.55 Å². The molecular weight excluding hydrogens is 291 g/mol. The van der Waals surface area contributed by atoms with Crippen LogP contribution in [0.4, 0.5) is 13.2 Å². The second-order valence-corrected chi connectivity index (χ2v) is 4.00. The summed E-state index contributed by atoms with van der Waals surface area (Å²) in [7, 11) is 0. The highest BCUT2D eigenvalue weighted by Gasteiger charge is 2.30. The summed E-state index contributed by atoms with van der Waals surface area (Å²) in [5.74, 6) is 0. The van der Waals surface area contributed by atoms with Crippen LogP contribution in [0.5, 0.6) is 0 Å². The van der Waals surface area contributed by atoms with E-state index >= 15 is 0 Å². The van der Waals surface area contributed by atoms with E-state index in [1.54, 1.807) is 0 Å². The molecule has 0 amide bonds. The van der Waals surface area contributed by atoms with Crippen LogP contribution in [0.1, 0.15) is 0 Å². The van der Waals surface area contributed by atoms with E-state index in [0.717, 1.165) is 0 Å². The first-order chi connectivity index (χ1) is 7.38. The molecule has 2 rings (SSSR count). The molecule has 0 aliphatic carbocycles. The Morgan fingerprint density at radius 1 is 1.44 bits per heavy atom. The highest BCUT2D eigenvalue weighted by atomic mass is 79.9. The van der Waals surface area contributed by atoms with Crippen LogP contribution in [0.25, 0.3) is 11.0 Å². The first kappa shape index (κ1) is 11.2. The normalized spacial score (nSPS) is 12.2. The molecule has 0 aliphatic rings. The number of nitrogens with zero attached hydrogens (tertiary/aromatic N) is 2. The third-order valence-corrected chi connectivity index (χ3v) is 2.55. The number of imidazole rings is 1. The highest BCUT2D eigenvalue weighted by molar-refractivity contribution is 9.10. The maximum Gasteiger partial charge on any atom is 0.406 e. The van der Waals surface area contributed by atoms with E-state index in [4.69, 9.17) is 0 Å². The number of rotatable bonds is 1. The van der Waals surface area contributed by atoms with Crippen LogP contribution in [0.3, 0.4) is 0 Å². The molecule has 0 saturated carbocycles. The second kappa shape index (κ2) is 3.62. The van der Waals surface area contributed by atoms with Crippen LogP contribution in [-0.2, 0) is 6.54 Å². The lowest BCUT2D eigenvalue weighted by Gasteiger charge is -2.07. The number of hydrogen-bond donors (Lipinski definition) is 1. The van der Waals surface area contributed by atoms with Crippen molar-refractivity contribution in [2.24, 2.45) is 0 Å². The molecule has 2 aromatic rings. The summed E-state index contributed by atoms with van der Waals surface area (Å²) >= 11 is 3.06. The molecule has 0 unspecified atom stereocenters. The monoisotopic (exact) mass is 295 g/mol. The van der Waals surface area contributed by atoms with Crippen molar-refractivity contribution < 1.29 is 13.2 Å².